The van der Waals surface area contributed by atoms with Crippen molar-refractivity contribution in [2.75, 3.05) is 6.61 Å². The molecule has 53 heavy (non-hydrogen) atoms. The normalized spacial score (nSPS) is 37.8. The largest absolute Gasteiger partial charge is 0.508 e. The number of rotatable bonds is 8. The van der Waals surface area contributed by atoms with Crippen molar-refractivity contribution in [3.8, 4) is 40.1 Å². The zero-order chi connectivity index (χ0) is 38.6. The maximum atomic E-state index is 14.0. The summed E-state index contributed by atoms with van der Waals surface area (Å²) in [6.45, 7) is 2.05. The molecule has 1 aromatic heterocycles. The van der Waals surface area contributed by atoms with E-state index in [0.29, 0.717) is 0 Å². The molecule has 2 aromatic carbocycles. The second kappa shape index (κ2) is 15.1. The molecule has 20 nitrogen and oxygen atoms in total. The molecule has 0 unspecified atom stereocenters. The van der Waals surface area contributed by atoms with E-state index in [4.69, 9.17) is 32.8 Å². The Morgan fingerprint density at radius 1 is 0.642 bits per heavy atom. The summed E-state index contributed by atoms with van der Waals surface area (Å²) in [5, 5.41) is 125. The first kappa shape index (κ1) is 38.8. The van der Waals surface area contributed by atoms with Gasteiger partial charge in [0.1, 0.15) is 77.4 Å². The highest BCUT2D eigenvalue weighted by Gasteiger charge is 2.52. The molecule has 3 fully saturated rings. The van der Waals surface area contributed by atoms with E-state index in [1.165, 1.54) is 19.9 Å². The van der Waals surface area contributed by atoms with Crippen LogP contribution in [-0.4, -0.2) is 160 Å². The van der Waals surface area contributed by atoms with Crippen LogP contribution >= 0.6 is 0 Å². The first-order valence-electron chi connectivity index (χ1n) is 16.4. The number of aliphatic hydroxyl groups excluding tert-OH is 8. The molecular weight excluding hydrogens is 716 g/mol. The van der Waals surface area contributed by atoms with Crippen LogP contribution in [0.4, 0.5) is 0 Å². The Balaban J connectivity index is 1.40. The van der Waals surface area contributed by atoms with E-state index < -0.39 is 144 Å². The van der Waals surface area contributed by atoms with Crippen LogP contribution in [0.25, 0.3) is 22.3 Å². The Morgan fingerprint density at radius 2 is 1.26 bits per heavy atom. The number of fused-ring (bicyclic) bond motifs is 1. The van der Waals surface area contributed by atoms with Gasteiger partial charge in [0.15, 0.2) is 35.9 Å². The van der Waals surface area contributed by atoms with E-state index in [2.05, 4.69) is 0 Å². The number of aromatic hydroxyl groups is 4. The van der Waals surface area contributed by atoms with E-state index >= 15 is 0 Å². The van der Waals surface area contributed by atoms with Gasteiger partial charge in [0.25, 0.3) is 0 Å². The minimum Gasteiger partial charge on any atom is -0.508 e. The first-order valence-corrected chi connectivity index (χ1v) is 16.4. The maximum absolute atomic E-state index is 14.0. The van der Waals surface area contributed by atoms with Gasteiger partial charge in [-0.2, -0.15) is 0 Å². The van der Waals surface area contributed by atoms with Crippen LogP contribution in [0.2, 0.25) is 0 Å². The quantitative estimate of drug-likeness (QED) is 0.103. The lowest BCUT2D eigenvalue weighted by molar-refractivity contribution is -0.360. The molecule has 4 heterocycles. The number of phenolic OH excluding ortho intramolecular Hbond substituents is 4. The summed E-state index contributed by atoms with van der Waals surface area (Å²) in [6.07, 6.45) is -25.1. The fourth-order valence-corrected chi connectivity index (χ4v) is 6.25. The van der Waals surface area contributed by atoms with E-state index in [-0.39, 0.29) is 11.1 Å². The number of hydrogen-bond acceptors (Lipinski definition) is 20. The van der Waals surface area contributed by atoms with Crippen molar-refractivity contribution in [3.05, 3.63) is 40.6 Å². The topological polar surface area (TPSA) is 328 Å². The highest BCUT2D eigenvalue weighted by atomic mass is 16.8. The SMILES string of the molecule is C[C@@H]1O[C@@H](OC[C@H]2O[C@@H](Oc3c(-c4ccc(O)c(O)c4)oc4cc(O)cc(O)c4c3=O)[C@H](O[C@@H]3O[C@H](C)[C@H](O)[C@@H](O)[C@@H]3O)[C@@H](O)[C@H]2O)[C@@H](O)[C@@H](O)[C@H]1O. The summed E-state index contributed by atoms with van der Waals surface area (Å²) in [5.74, 6) is -3.68. The summed E-state index contributed by atoms with van der Waals surface area (Å²) >= 11 is 0. The molecule has 15 atom stereocenters. The highest BCUT2D eigenvalue weighted by Crippen LogP contribution is 2.40. The summed E-state index contributed by atoms with van der Waals surface area (Å²) in [5.41, 5.74) is -1.54. The van der Waals surface area contributed by atoms with Gasteiger partial charge >= 0.3 is 0 Å². The second-order valence-electron chi connectivity index (χ2n) is 13.1. The standard InChI is InChI=1S/C33H40O20/c1-9-19(38)23(42)26(45)31(48-9)47-8-17-21(40)25(44)30(53-32-27(46)24(43)20(39)10(2)49-32)33(51-17)52-29-22(41)18-15(37)6-12(34)7-16(18)50-28(29)11-3-4-13(35)14(36)5-11/h3-7,9-10,17,19-21,23-27,30-40,42-46H,8H2,1-2H3/t9-,10+,17+,19-,20-,21-,23-,24+,25-,26-,27-,30+,31+,32-,33-/m0/s1. The molecule has 292 valence electrons. The van der Waals surface area contributed by atoms with E-state index in [9.17, 15) is 66.1 Å². The van der Waals surface area contributed by atoms with Gasteiger partial charge in [-0.15, -0.1) is 0 Å². The number of ether oxygens (including phenoxy) is 6. The molecule has 3 saturated heterocycles. The Hall–Kier alpha value is -3.87. The molecular formula is C33H40O20. The molecule has 0 bridgehead atoms. The Morgan fingerprint density at radius 3 is 1.91 bits per heavy atom. The monoisotopic (exact) mass is 756 g/mol. The van der Waals surface area contributed by atoms with Gasteiger partial charge in [-0.05, 0) is 32.0 Å². The molecule has 0 radical (unpaired) electrons. The third kappa shape index (κ3) is 7.34. The van der Waals surface area contributed by atoms with Gasteiger partial charge in [-0.3, -0.25) is 4.79 Å². The van der Waals surface area contributed by atoms with Crippen LogP contribution in [0.1, 0.15) is 13.8 Å². The molecule has 12 N–H and O–H groups in total. The van der Waals surface area contributed by atoms with Crippen LogP contribution in [0, 0.1) is 0 Å². The number of hydrogen-bond donors (Lipinski definition) is 12. The smallest absolute Gasteiger partial charge is 0.239 e. The zero-order valence-electron chi connectivity index (χ0n) is 27.9. The van der Waals surface area contributed by atoms with E-state index in [1.54, 1.807) is 0 Å². The molecule has 3 aliphatic rings. The molecule has 0 aliphatic carbocycles. The van der Waals surface area contributed by atoms with Gasteiger partial charge in [0, 0.05) is 17.7 Å². The summed E-state index contributed by atoms with van der Waals surface area (Å²) in [7, 11) is 0. The van der Waals surface area contributed by atoms with Crippen molar-refractivity contribution in [1.82, 2.24) is 0 Å². The van der Waals surface area contributed by atoms with Gasteiger partial charge in [-0.1, -0.05) is 0 Å². The highest BCUT2D eigenvalue weighted by molar-refractivity contribution is 5.88. The fraction of sp³-hybridized carbons (Fsp3) is 0.545. The average Bonchev–Trinajstić information content (AvgIpc) is 3.11. The Kier molecular flexibility index (Phi) is 11.1. The maximum Gasteiger partial charge on any atom is 0.239 e. The Labute approximate surface area is 298 Å². The summed E-state index contributed by atoms with van der Waals surface area (Å²) in [4.78, 5) is 14.0. The van der Waals surface area contributed by atoms with Gasteiger partial charge in [-0.25, -0.2) is 0 Å². The minimum atomic E-state index is -2.04. The fourth-order valence-electron chi connectivity index (χ4n) is 6.25. The zero-order valence-corrected chi connectivity index (χ0v) is 27.9. The predicted molar refractivity (Wildman–Crippen MR) is 171 cm³/mol. The van der Waals surface area contributed by atoms with Crippen molar-refractivity contribution in [2.45, 2.75) is 106 Å². The molecule has 20 heteroatoms. The first-order chi connectivity index (χ1) is 25.0. The van der Waals surface area contributed by atoms with Crippen molar-refractivity contribution in [3.63, 3.8) is 0 Å². The third-order valence-corrected chi connectivity index (χ3v) is 9.37. The lowest BCUT2D eigenvalue weighted by Gasteiger charge is -2.46. The molecule has 3 aromatic rings. The molecule has 6 rings (SSSR count). The van der Waals surface area contributed by atoms with Gasteiger partial charge in [0.05, 0.1) is 18.8 Å². The third-order valence-electron chi connectivity index (χ3n) is 9.37. The predicted octanol–water partition coefficient (Wildman–Crippen LogP) is -2.84. The average molecular weight is 757 g/mol. The number of phenols is 4. The molecule has 0 spiro atoms. The number of benzene rings is 2. The minimum absolute atomic E-state index is 0.0962. The second-order valence-corrected chi connectivity index (χ2v) is 13.1. The van der Waals surface area contributed by atoms with Crippen molar-refractivity contribution in [1.29, 1.82) is 0 Å². The van der Waals surface area contributed by atoms with Crippen molar-refractivity contribution in [2.24, 2.45) is 0 Å². The van der Waals surface area contributed by atoms with Crippen LogP contribution in [0.5, 0.6) is 28.7 Å². The van der Waals surface area contributed by atoms with Crippen LogP contribution < -0.4 is 10.2 Å². The van der Waals surface area contributed by atoms with Crippen molar-refractivity contribution >= 4 is 11.0 Å². The van der Waals surface area contributed by atoms with Gasteiger partial charge < -0.3 is 94.1 Å². The van der Waals surface area contributed by atoms with Crippen LogP contribution in [0.3, 0.4) is 0 Å². The van der Waals surface area contributed by atoms with Crippen molar-refractivity contribution < 1.29 is 94.1 Å². The van der Waals surface area contributed by atoms with Gasteiger partial charge in [0.2, 0.25) is 17.5 Å². The van der Waals surface area contributed by atoms with E-state index in [1.807, 2.05) is 0 Å². The number of aliphatic hydroxyl groups is 8. The van der Waals surface area contributed by atoms with Crippen LogP contribution in [-0.2, 0) is 23.7 Å². The lowest BCUT2D eigenvalue weighted by Crippen LogP contribution is -2.65. The molecule has 0 saturated carbocycles. The lowest BCUT2D eigenvalue weighted by atomic mass is 9.97. The molecule has 3 aliphatic heterocycles. The van der Waals surface area contributed by atoms with E-state index in [0.717, 1.165) is 24.3 Å². The summed E-state index contributed by atoms with van der Waals surface area (Å²) < 4.78 is 40.1. The summed E-state index contributed by atoms with van der Waals surface area (Å²) in [6, 6.07) is 5.09. The Bertz CT molecular complexity index is 1830. The van der Waals surface area contributed by atoms with Crippen LogP contribution in [0.15, 0.2) is 39.5 Å². The molecule has 0 amide bonds.